The number of nitrogens with one attached hydrogen (secondary N) is 1. The molecule has 0 fully saturated rings. The molecule has 26 heavy (non-hydrogen) atoms. The highest BCUT2D eigenvalue weighted by atomic mass is 16.5. The van der Waals surface area contributed by atoms with E-state index in [9.17, 15) is 19.5 Å². The molecule has 1 aromatic rings. The maximum atomic E-state index is 12.5. The lowest BCUT2D eigenvalue weighted by molar-refractivity contribution is -0.137. The normalized spacial score (nSPS) is 15.1. The maximum Gasteiger partial charge on any atom is 0.305 e. The zero-order chi connectivity index (χ0) is 19.3. The number of rotatable bonds is 7. The molecule has 140 valence electrons. The molecule has 1 unspecified atom stereocenters. The van der Waals surface area contributed by atoms with Crippen LogP contribution in [0.25, 0.3) is 0 Å². The van der Waals surface area contributed by atoms with Crippen LogP contribution >= 0.6 is 0 Å². The third-order valence-electron chi connectivity index (χ3n) is 3.96. The zero-order valence-corrected chi connectivity index (χ0v) is 14.8. The molecule has 0 aliphatic carbocycles. The van der Waals surface area contributed by atoms with Crippen LogP contribution in [0.3, 0.4) is 0 Å². The van der Waals surface area contributed by atoms with Gasteiger partial charge in [-0.2, -0.15) is 5.10 Å². The molecule has 1 aliphatic heterocycles. The second-order valence-corrected chi connectivity index (χ2v) is 5.70. The first-order valence-electron chi connectivity index (χ1n) is 7.94. The summed E-state index contributed by atoms with van der Waals surface area (Å²) in [5, 5.41) is 16.9. The summed E-state index contributed by atoms with van der Waals surface area (Å²) in [6.07, 6.45) is 0.0761. The monoisotopic (exact) mass is 363 g/mol. The first kappa shape index (κ1) is 19.2. The molecule has 1 atom stereocenters. The van der Waals surface area contributed by atoms with Gasteiger partial charge in [0.15, 0.2) is 11.5 Å². The number of amides is 2. The van der Waals surface area contributed by atoms with Crippen LogP contribution in [0.2, 0.25) is 0 Å². The first-order chi connectivity index (χ1) is 12.3. The molecular weight excluding hydrogens is 342 g/mol. The van der Waals surface area contributed by atoms with Crippen LogP contribution in [0.5, 0.6) is 11.5 Å². The van der Waals surface area contributed by atoms with Crippen LogP contribution in [-0.2, 0) is 14.4 Å². The Morgan fingerprint density at radius 2 is 1.96 bits per heavy atom. The van der Waals surface area contributed by atoms with Gasteiger partial charge in [-0.25, -0.2) is 5.01 Å². The average Bonchev–Trinajstić information content (AvgIpc) is 2.62. The van der Waals surface area contributed by atoms with Crippen molar-refractivity contribution >= 4 is 23.5 Å². The van der Waals surface area contributed by atoms with E-state index in [0.29, 0.717) is 17.1 Å². The van der Waals surface area contributed by atoms with Gasteiger partial charge in [0.05, 0.1) is 26.7 Å². The number of carbonyl (C=O) groups excluding carboxylic acids is 2. The summed E-state index contributed by atoms with van der Waals surface area (Å²) in [5.41, 5.74) is 0.738. The molecule has 0 radical (unpaired) electrons. The smallest absolute Gasteiger partial charge is 0.305 e. The van der Waals surface area contributed by atoms with Gasteiger partial charge in [-0.3, -0.25) is 14.4 Å². The number of hydrazone groups is 1. The second kappa shape index (κ2) is 8.32. The van der Waals surface area contributed by atoms with Crippen molar-refractivity contribution < 1.29 is 29.0 Å². The Hall–Kier alpha value is -3.10. The quantitative estimate of drug-likeness (QED) is 0.745. The summed E-state index contributed by atoms with van der Waals surface area (Å²) >= 11 is 0. The molecule has 0 aromatic heterocycles. The van der Waals surface area contributed by atoms with Crippen LogP contribution < -0.4 is 14.8 Å². The topological polar surface area (TPSA) is 118 Å². The number of methoxy groups -OCH3 is 2. The minimum absolute atomic E-state index is 0.177. The Balaban J connectivity index is 2.25. The van der Waals surface area contributed by atoms with Crippen LogP contribution in [0, 0.1) is 0 Å². The summed E-state index contributed by atoms with van der Waals surface area (Å²) in [6, 6.07) is 4.13. The van der Waals surface area contributed by atoms with Crippen molar-refractivity contribution in [3.63, 3.8) is 0 Å². The molecule has 1 aromatic carbocycles. The highest BCUT2D eigenvalue weighted by molar-refractivity contribution is 6.39. The predicted octanol–water partition coefficient (Wildman–Crippen LogP) is 0.944. The zero-order valence-electron chi connectivity index (χ0n) is 14.8. The number of nitrogens with zero attached hydrogens (tertiary/aromatic N) is 2. The minimum atomic E-state index is -1.07. The Bertz CT molecular complexity index is 746. The third kappa shape index (κ3) is 4.50. The Labute approximate surface area is 150 Å². The van der Waals surface area contributed by atoms with Crippen molar-refractivity contribution in [2.75, 3.05) is 21.3 Å². The SMILES string of the molecule is COc1ccc(C(CC(=O)O)NC(=O)C2=NN(C)C(=O)CC2)cc1OC. The molecular formula is C17H21N3O6. The summed E-state index contributed by atoms with van der Waals surface area (Å²) in [6.45, 7) is 0. The van der Waals surface area contributed by atoms with Crippen molar-refractivity contribution in [3.8, 4) is 11.5 Å². The molecule has 9 heteroatoms. The standard InChI is InChI=1S/C17H21N3O6/c1-20-15(21)7-5-11(19-20)17(24)18-12(9-16(22)23)10-4-6-13(25-2)14(8-10)26-3/h4,6,8,12H,5,7,9H2,1-3H3,(H,18,24)(H,22,23). The molecule has 2 rings (SSSR count). The van der Waals surface area contributed by atoms with E-state index in [1.807, 2.05) is 0 Å². The van der Waals surface area contributed by atoms with Crippen molar-refractivity contribution in [1.29, 1.82) is 0 Å². The number of aliphatic carboxylic acids is 1. The van der Waals surface area contributed by atoms with Gasteiger partial charge >= 0.3 is 5.97 Å². The average molecular weight is 363 g/mol. The molecule has 9 nitrogen and oxygen atoms in total. The van der Waals surface area contributed by atoms with Gasteiger partial charge in [-0.1, -0.05) is 6.07 Å². The van der Waals surface area contributed by atoms with Gasteiger partial charge < -0.3 is 19.9 Å². The molecule has 0 spiro atoms. The highest BCUT2D eigenvalue weighted by Gasteiger charge is 2.26. The summed E-state index contributed by atoms with van der Waals surface area (Å²) in [7, 11) is 4.43. The molecule has 2 amide bonds. The number of hydrogen-bond donors (Lipinski definition) is 2. The lowest BCUT2D eigenvalue weighted by Crippen LogP contribution is -2.39. The minimum Gasteiger partial charge on any atom is -0.493 e. The number of benzene rings is 1. The number of ether oxygens (including phenoxy) is 2. The summed E-state index contributed by atoms with van der Waals surface area (Å²) < 4.78 is 10.4. The fourth-order valence-corrected chi connectivity index (χ4v) is 2.57. The molecule has 0 saturated heterocycles. The third-order valence-corrected chi connectivity index (χ3v) is 3.96. The van der Waals surface area contributed by atoms with E-state index < -0.39 is 17.9 Å². The molecule has 0 saturated carbocycles. The molecule has 1 aliphatic rings. The molecule has 1 heterocycles. The fourth-order valence-electron chi connectivity index (χ4n) is 2.57. The summed E-state index contributed by atoms with van der Waals surface area (Å²) in [5.74, 6) is -0.833. The van der Waals surface area contributed by atoms with E-state index in [-0.39, 0.29) is 30.9 Å². The largest absolute Gasteiger partial charge is 0.493 e. The van der Waals surface area contributed by atoms with Crippen molar-refractivity contribution in [3.05, 3.63) is 23.8 Å². The first-order valence-corrected chi connectivity index (χ1v) is 7.94. The van der Waals surface area contributed by atoms with Crippen LogP contribution in [0.1, 0.15) is 30.9 Å². The van der Waals surface area contributed by atoms with Crippen molar-refractivity contribution in [2.45, 2.75) is 25.3 Å². The number of hydrogen-bond acceptors (Lipinski definition) is 6. The van der Waals surface area contributed by atoms with Crippen molar-refractivity contribution in [2.24, 2.45) is 5.10 Å². The second-order valence-electron chi connectivity index (χ2n) is 5.70. The lowest BCUT2D eigenvalue weighted by Gasteiger charge is -2.22. The number of carboxylic acids is 1. The van der Waals surface area contributed by atoms with Crippen LogP contribution in [0.4, 0.5) is 0 Å². The Morgan fingerprint density at radius 1 is 1.27 bits per heavy atom. The molecule has 2 N–H and O–H groups in total. The number of carbonyl (C=O) groups is 3. The lowest BCUT2D eigenvalue weighted by atomic mass is 10.0. The highest BCUT2D eigenvalue weighted by Crippen LogP contribution is 2.31. The van der Waals surface area contributed by atoms with E-state index in [1.54, 1.807) is 18.2 Å². The van der Waals surface area contributed by atoms with Gasteiger partial charge in [0.2, 0.25) is 5.91 Å². The van der Waals surface area contributed by atoms with E-state index in [2.05, 4.69) is 10.4 Å². The van der Waals surface area contributed by atoms with Gasteiger partial charge in [-0.15, -0.1) is 0 Å². The Kier molecular flexibility index (Phi) is 6.16. The van der Waals surface area contributed by atoms with Gasteiger partial charge in [0.25, 0.3) is 5.91 Å². The van der Waals surface area contributed by atoms with E-state index >= 15 is 0 Å². The van der Waals surface area contributed by atoms with E-state index in [1.165, 1.54) is 21.3 Å². The van der Waals surface area contributed by atoms with Gasteiger partial charge in [-0.05, 0) is 17.7 Å². The maximum absolute atomic E-state index is 12.5. The van der Waals surface area contributed by atoms with Crippen LogP contribution in [-0.4, -0.2) is 54.9 Å². The van der Waals surface area contributed by atoms with Gasteiger partial charge in [0.1, 0.15) is 5.71 Å². The fraction of sp³-hybridized carbons (Fsp3) is 0.412. The van der Waals surface area contributed by atoms with Crippen molar-refractivity contribution in [1.82, 2.24) is 10.3 Å². The summed E-state index contributed by atoms with van der Waals surface area (Å²) in [4.78, 5) is 35.2. The van der Waals surface area contributed by atoms with Crippen LogP contribution in [0.15, 0.2) is 23.3 Å². The number of carboxylic acid groups (broad SMARTS) is 1. The predicted molar refractivity (Wildman–Crippen MR) is 92.1 cm³/mol. The van der Waals surface area contributed by atoms with E-state index in [4.69, 9.17) is 9.47 Å². The molecule has 0 bridgehead atoms. The van der Waals surface area contributed by atoms with E-state index in [0.717, 1.165) is 5.01 Å². The Morgan fingerprint density at radius 3 is 2.54 bits per heavy atom. The van der Waals surface area contributed by atoms with Gasteiger partial charge in [0, 0.05) is 19.9 Å².